The zero-order chi connectivity index (χ0) is 13.1. The van der Waals surface area contributed by atoms with E-state index in [9.17, 15) is 4.79 Å². The lowest BCUT2D eigenvalue weighted by Gasteiger charge is -2.30. The van der Waals surface area contributed by atoms with Crippen molar-refractivity contribution in [1.82, 2.24) is 4.98 Å². The molecule has 1 aromatic heterocycles. The van der Waals surface area contributed by atoms with Gasteiger partial charge in [-0.15, -0.1) is 11.3 Å². The highest BCUT2D eigenvalue weighted by Crippen LogP contribution is 2.26. The van der Waals surface area contributed by atoms with Crippen molar-refractivity contribution in [3.05, 3.63) is 11.1 Å². The molecule has 7 heteroatoms. The first kappa shape index (κ1) is 13.3. The van der Waals surface area contributed by atoms with Gasteiger partial charge in [-0.1, -0.05) is 0 Å². The Bertz CT molecular complexity index is 417. The Morgan fingerprint density at radius 1 is 1.67 bits per heavy atom. The maximum Gasteiger partial charge on any atom is 0.326 e. The third-order valence-corrected chi connectivity index (χ3v) is 4.08. The Hall–Kier alpha value is -1.18. The summed E-state index contributed by atoms with van der Waals surface area (Å²) in [5, 5.41) is 11.4. The molecule has 2 rings (SSSR count). The fourth-order valence-corrected chi connectivity index (χ4v) is 2.84. The van der Waals surface area contributed by atoms with Gasteiger partial charge in [0.25, 0.3) is 0 Å². The van der Waals surface area contributed by atoms with Crippen molar-refractivity contribution in [2.45, 2.75) is 24.9 Å². The molecule has 3 N–H and O–H groups in total. The summed E-state index contributed by atoms with van der Waals surface area (Å²) in [5.74, 6) is -1.06. The molecule has 1 fully saturated rings. The molecule has 0 bridgehead atoms. The van der Waals surface area contributed by atoms with Gasteiger partial charge >= 0.3 is 5.97 Å². The third kappa shape index (κ3) is 2.80. The standard InChI is InChI=1S/C11H17N3O3S/c1-14(7-2-4-17-5-3-7)11-13-8(6-18-11)9(12)10(15)16/h6-7,9H,2-5,12H2,1H3,(H,15,16). The number of hydrogen-bond acceptors (Lipinski definition) is 6. The molecular weight excluding hydrogens is 254 g/mol. The van der Waals surface area contributed by atoms with E-state index in [2.05, 4.69) is 9.88 Å². The molecule has 0 aliphatic carbocycles. The predicted octanol–water partition coefficient (Wildman–Crippen LogP) is 0.843. The number of rotatable bonds is 4. The summed E-state index contributed by atoms with van der Waals surface area (Å²) in [4.78, 5) is 17.2. The van der Waals surface area contributed by atoms with E-state index in [0.717, 1.165) is 31.2 Å². The van der Waals surface area contributed by atoms with Crippen LogP contribution in [-0.4, -0.2) is 42.4 Å². The predicted molar refractivity (Wildman–Crippen MR) is 68.9 cm³/mol. The smallest absolute Gasteiger partial charge is 0.326 e. The number of anilines is 1. The second-order valence-electron chi connectivity index (χ2n) is 4.33. The summed E-state index contributed by atoms with van der Waals surface area (Å²) < 4.78 is 5.32. The second kappa shape index (κ2) is 5.64. The van der Waals surface area contributed by atoms with Crippen LogP contribution in [-0.2, 0) is 9.53 Å². The molecule has 1 unspecified atom stereocenters. The zero-order valence-corrected chi connectivity index (χ0v) is 11.0. The fraction of sp³-hybridized carbons (Fsp3) is 0.636. The first-order valence-corrected chi connectivity index (χ1v) is 6.72. The quantitative estimate of drug-likeness (QED) is 0.843. The summed E-state index contributed by atoms with van der Waals surface area (Å²) in [6.07, 6.45) is 1.94. The minimum Gasteiger partial charge on any atom is -0.480 e. The van der Waals surface area contributed by atoms with Gasteiger partial charge < -0.3 is 20.5 Å². The summed E-state index contributed by atoms with van der Waals surface area (Å²) in [5.41, 5.74) is 5.95. The van der Waals surface area contributed by atoms with Gasteiger partial charge in [-0.05, 0) is 12.8 Å². The fourth-order valence-electron chi connectivity index (χ4n) is 1.94. The minimum absolute atomic E-state index is 0.402. The molecule has 1 aliphatic heterocycles. The van der Waals surface area contributed by atoms with Crippen molar-refractivity contribution in [3.8, 4) is 0 Å². The van der Waals surface area contributed by atoms with Crippen LogP contribution >= 0.6 is 11.3 Å². The summed E-state index contributed by atoms with van der Waals surface area (Å²) in [6.45, 7) is 1.53. The van der Waals surface area contributed by atoms with E-state index < -0.39 is 12.0 Å². The Labute approximate surface area is 109 Å². The molecule has 0 aromatic carbocycles. The number of aromatic nitrogens is 1. The first-order valence-electron chi connectivity index (χ1n) is 5.84. The van der Waals surface area contributed by atoms with E-state index in [1.165, 1.54) is 11.3 Å². The van der Waals surface area contributed by atoms with E-state index in [0.29, 0.717) is 11.7 Å². The van der Waals surface area contributed by atoms with Crippen LogP contribution in [0.4, 0.5) is 5.13 Å². The van der Waals surface area contributed by atoms with Crippen LogP contribution < -0.4 is 10.6 Å². The van der Waals surface area contributed by atoms with E-state index in [4.69, 9.17) is 15.6 Å². The van der Waals surface area contributed by atoms with Crippen LogP contribution in [0.15, 0.2) is 5.38 Å². The van der Waals surface area contributed by atoms with E-state index in [1.54, 1.807) is 5.38 Å². The Balaban J connectivity index is 2.06. The monoisotopic (exact) mass is 271 g/mol. The highest BCUT2D eigenvalue weighted by Gasteiger charge is 2.23. The number of ether oxygens (including phenoxy) is 1. The molecule has 1 atom stereocenters. The Kier molecular flexibility index (Phi) is 4.15. The number of nitrogens with zero attached hydrogens (tertiary/aromatic N) is 2. The molecule has 0 spiro atoms. The minimum atomic E-state index is -1.06. The molecule has 0 saturated carbocycles. The molecule has 1 saturated heterocycles. The molecule has 1 aromatic rings. The number of hydrogen-bond donors (Lipinski definition) is 2. The van der Waals surface area contributed by atoms with E-state index in [1.807, 2.05) is 7.05 Å². The van der Waals surface area contributed by atoms with Crippen molar-refractivity contribution < 1.29 is 14.6 Å². The third-order valence-electron chi connectivity index (χ3n) is 3.13. The normalized spacial score (nSPS) is 18.6. The van der Waals surface area contributed by atoms with Crippen LogP contribution in [0, 0.1) is 0 Å². The Morgan fingerprint density at radius 3 is 2.94 bits per heavy atom. The molecular formula is C11H17N3O3S. The van der Waals surface area contributed by atoms with Crippen LogP contribution in [0.1, 0.15) is 24.6 Å². The van der Waals surface area contributed by atoms with Crippen molar-refractivity contribution in [2.75, 3.05) is 25.2 Å². The molecule has 18 heavy (non-hydrogen) atoms. The molecule has 0 amide bonds. The van der Waals surface area contributed by atoms with Crippen LogP contribution in [0.2, 0.25) is 0 Å². The van der Waals surface area contributed by atoms with Gasteiger partial charge in [-0.2, -0.15) is 0 Å². The summed E-state index contributed by atoms with van der Waals surface area (Å²) in [7, 11) is 1.98. The van der Waals surface area contributed by atoms with Crippen LogP contribution in [0.25, 0.3) is 0 Å². The van der Waals surface area contributed by atoms with E-state index in [-0.39, 0.29) is 0 Å². The lowest BCUT2D eigenvalue weighted by atomic mass is 10.1. The SMILES string of the molecule is CN(c1nc(C(N)C(=O)O)cs1)C1CCOCC1. The largest absolute Gasteiger partial charge is 0.480 e. The maximum atomic E-state index is 10.8. The van der Waals surface area contributed by atoms with Crippen LogP contribution in [0.3, 0.4) is 0 Å². The second-order valence-corrected chi connectivity index (χ2v) is 5.16. The van der Waals surface area contributed by atoms with Crippen LogP contribution in [0.5, 0.6) is 0 Å². The van der Waals surface area contributed by atoms with Gasteiger partial charge in [0, 0.05) is 31.7 Å². The van der Waals surface area contributed by atoms with Crippen molar-refractivity contribution in [3.63, 3.8) is 0 Å². The highest BCUT2D eigenvalue weighted by atomic mass is 32.1. The zero-order valence-electron chi connectivity index (χ0n) is 10.2. The lowest BCUT2D eigenvalue weighted by Crippen LogP contribution is -2.36. The lowest BCUT2D eigenvalue weighted by molar-refractivity contribution is -0.138. The first-order chi connectivity index (χ1) is 8.59. The van der Waals surface area contributed by atoms with Gasteiger partial charge in [0.1, 0.15) is 6.04 Å². The average Bonchev–Trinajstić information content (AvgIpc) is 2.87. The number of carboxylic acid groups (broad SMARTS) is 1. The van der Waals surface area contributed by atoms with Gasteiger partial charge in [0.2, 0.25) is 0 Å². The number of nitrogens with two attached hydrogens (primary N) is 1. The maximum absolute atomic E-state index is 10.8. The van der Waals surface area contributed by atoms with Crippen molar-refractivity contribution in [1.29, 1.82) is 0 Å². The van der Waals surface area contributed by atoms with Gasteiger partial charge in [-0.3, -0.25) is 4.79 Å². The molecule has 6 nitrogen and oxygen atoms in total. The number of aliphatic carboxylic acids is 1. The van der Waals surface area contributed by atoms with Crippen molar-refractivity contribution >= 4 is 22.4 Å². The van der Waals surface area contributed by atoms with E-state index >= 15 is 0 Å². The average molecular weight is 271 g/mol. The summed E-state index contributed by atoms with van der Waals surface area (Å²) >= 11 is 1.43. The Morgan fingerprint density at radius 2 is 2.33 bits per heavy atom. The highest BCUT2D eigenvalue weighted by molar-refractivity contribution is 7.13. The number of carboxylic acids is 1. The summed E-state index contributed by atoms with van der Waals surface area (Å²) in [6, 6.07) is -0.642. The number of thiazole rings is 1. The topological polar surface area (TPSA) is 88.7 Å². The molecule has 1 aliphatic rings. The van der Waals surface area contributed by atoms with Gasteiger partial charge in [0.05, 0.1) is 5.69 Å². The van der Waals surface area contributed by atoms with Gasteiger partial charge in [-0.25, -0.2) is 4.98 Å². The molecule has 2 heterocycles. The molecule has 0 radical (unpaired) electrons. The van der Waals surface area contributed by atoms with Gasteiger partial charge in [0.15, 0.2) is 5.13 Å². The number of carbonyl (C=O) groups is 1. The van der Waals surface area contributed by atoms with Crippen molar-refractivity contribution in [2.24, 2.45) is 5.73 Å². The molecule has 100 valence electrons.